The second kappa shape index (κ2) is 10.3. The van der Waals surface area contributed by atoms with Gasteiger partial charge in [-0.05, 0) is 31.5 Å². The monoisotopic (exact) mass is 494 g/mol. The van der Waals surface area contributed by atoms with Crippen LogP contribution in [0.4, 0.5) is 0 Å². The van der Waals surface area contributed by atoms with E-state index in [1.54, 1.807) is 0 Å². The molecule has 10 heteroatoms. The maximum absolute atomic E-state index is 12.5. The number of nitrogens with one attached hydrogen (secondary N) is 1. The maximum atomic E-state index is 12.5. The molecule has 170 valence electrons. The van der Waals surface area contributed by atoms with Gasteiger partial charge in [-0.3, -0.25) is 9.69 Å². The molecule has 1 saturated heterocycles. The lowest BCUT2D eigenvalue weighted by Gasteiger charge is -2.33. The molecule has 3 heterocycles. The van der Waals surface area contributed by atoms with Gasteiger partial charge in [0.15, 0.2) is 0 Å². The lowest BCUT2D eigenvalue weighted by molar-refractivity contribution is -0.121. The van der Waals surface area contributed by atoms with E-state index in [0.717, 1.165) is 46.5 Å². The van der Waals surface area contributed by atoms with Crippen LogP contribution in [0.3, 0.4) is 0 Å². The molecule has 0 saturated carbocycles. The van der Waals surface area contributed by atoms with Gasteiger partial charge in [0, 0.05) is 37.1 Å². The van der Waals surface area contributed by atoms with Crippen LogP contribution in [0.5, 0.6) is 0 Å². The van der Waals surface area contributed by atoms with Crippen molar-refractivity contribution in [2.24, 2.45) is 0 Å². The zero-order chi connectivity index (χ0) is 22.7. The Balaban J connectivity index is 1.27. The molecule has 2 aromatic heterocycles. The number of aryl methyl sites for hydroxylation is 2. The van der Waals surface area contributed by atoms with Crippen LogP contribution in [0.2, 0.25) is 10.0 Å². The predicted molar refractivity (Wildman–Crippen MR) is 125 cm³/mol. The van der Waals surface area contributed by atoms with Crippen molar-refractivity contribution in [1.82, 2.24) is 20.4 Å². The number of benzene rings is 1. The van der Waals surface area contributed by atoms with E-state index in [4.69, 9.17) is 32.5 Å². The Labute approximate surface area is 200 Å². The van der Waals surface area contributed by atoms with E-state index in [0.29, 0.717) is 28.9 Å². The third-order valence-corrected chi connectivity index (χ3v) is 7.12. The van der Waals surface area contributed by atoms with Crippen LogP contribution in [0.15, 0.2) is 28.8 Å². The summed E-state index contributed by atoms with van der Waals surface area (Å²) in [5, 5.41) is 8.87. The summed E-state index contributed by atoms with van der Waals surface area (Å²) in [4.78, 5) is 20.3. The number of morpholine rings is 1. The SMILES string of the molecule is Cc1cc(-c2nc(C)c(CC(=O)NC[C@H]3CN(Cc4ccc(Cl)c(Cl)c4)CCO3)s2)no1. The molecular formula is C22H24Cl2N4O3S. The van der Waals surface area contributed by atoms with Crippen molar-refractivity contribution in [3.8, 4) is 10.7 Å². The molecule has 1 aliphatic heterocycles. The quantitative estimate of drug-likeness (QED) is 0.527. The number of halogens is 2. The molecule has 0 unspecified atom stereocenters. The Morgan fingerprint density at radius 2 is 2.12 bits per heavy atom. The second-order valence-electron chi connectivity index (χ2n) is 7.81. The highest BCUT2D eigenvalue weighted by Crippen LogP contribution is 2.28. The fourth-order valence-electron chi connectivity index (χ4n) is 3.55. The van der Waals surface area contributed by atoms with Crippen molar-refractivity contribution in [2.75, 3.05) is 26.2 Å². The van der Waals surface area contributed by atoms with Crippen molar-refractivity contribution in [3.05, 3.63) is 56.2 Å². The number of carbonyl (C=O) groups excluding carboxylic acids is 1. The molecule has 1 aliphatic rings. The number of rotatable bonds is 7. The number of nitrogens with zero attached hydrogens (tertiary/aromatic N) is 3. The lowest BCUT2D eigenvalue weighted by Crippen LogP contribution is -2.47. The van der Waals surface area contributed by atoms with Crippen molar-refractivity contribution in [1.29, 1.82) is 0 Å². The van der Waals surface area contributed by atoms with E-state index in [-0.39, 0.29) is 18.4 Å². The van der Waals surface area contributed by atoms with Gasteiger partial charge in [-0.25, -0.2) is 4.98 Å². The number of hydrogen-bond donors (Lipinski definition) is 1. The number of amides is 1. The highest BCUT2D eigenvalue weighted by molar-refractivity contribution is 7.15. The molecular weight excluding hydrogens is 471 g/mol. The zero-order valence-electron chi connectivity index (χ0n) is 17.9. The first-order valence-corrected chi connectivity index (χ1v) is 11.9. The topological polar surface area (TPSA) is 80.5 Å². The Morgan fingerprint density at radius 3 is 2.88 bits per heavy atom. The minimum atomic E-state index is -0.0632. The second-order valence-corrected chi connectivity index (χ2v) is 9.71. The maximum Gasteiger partial charge on any atom is 0.225 e. The molecule has 1 atom stereocenters. The summed E-state index contributed by atoms with van der Waals surface area (Å²) >= 11 is 13.6. The Hall–Kier alpha value is -1.97. The van der Waals surface area contributed by atoms with Gasteiger partial charge >= 0.3 is 0 Å². The summed E-state index contributed by atoms with van der Waals surface area (Å²) < 4.78 is 11.0. The molecule has 3 aromatic rings. The molecule has 0 aliphatic carbocycles. The van der Waals surface area contributed by atoms with Gasteiger partial charge in [0.25, 0.3) is 0 Å². The van der Waals surface area contributed by atoms with Gasteiger partial charge in [-0.1, -0.05) is 34.4 Å². The highest BCUT2D eigenvalue weighted by atomic mass is 35.5. The number of ether oxygens (including phenoxy) is 1. The first-order valence-electron chi connectivity index (χ1n) is 10.3. The predicted octanol–water partition coefficient (Wildman–Crippen LogP) is 4.28. The Bertz CT molecular complexity index is 1100. The van der Waals surface area contributed by atoms with E-state index in [9.17, 15) is 4.79 Å². The van der Waals surface area contributed by atoms with Gasteiger partial charge in [0.1, 0.15) is 16.5 Å². The van der Waals surface area contributed by atoms with Crippen LogP contribution < -0.4 is 5.32 Å². The third kappa shape index (κ3) is 5.88. The zero-order valence-corrected chi connectivity index (χ0v) is 20.2. The van der Waals surface area contributed by atoms with Crippen LogP contribution in [0.25, 0.3) is 10.7 Å². The number of thiazole rings is 1. The first kappa shape index (κ1) is 23.2. The van der Waals surface area contributed by atoms with E-state index < -0.39 is 0 Å². The molecule has 7 nitrogen and oxygen atoms in total. The van der Waals surface area contributed by atoms with Crippen LogP contribution in [-0.4, -0.2) is 53.3 Å². The van der Waals surface area contributed by atoms with Gasteiger partial charge in [0.2, 0.25) is 5.91 Å². The third-order valence-electron chi connectivity index (χ3n) is 5.20. The van der Waals surface area contributed by atoms with Gasteiger partial charge < -0.3 is 14.6 Å². The van der Waals surface area contributed by atoms with Gasteiger partial charge in [-0.15, -0.1) is 11.3 Å². The smallest absolute Gasteiger partial charge is 0.225 e. The largest absolute Gasteiger partial charge is 0.374 e. The van der Waals surface area contributed by atoms with Crippen molar-refractivity contribution >= 4 is 40.4 Å². The molecule has 32 heavy (non-hydrogen) atoms. The fourth-order valence-corrected chi connectivity index (χ4v) is 4.88. The lowest BCUT2D eigenvalue weighted by atomic mass is 10.2. The fraction of sp³-hybridized carbons (Fsp3) is 0.409. The number of hydrogen-bond acceptors (Lipinski definition) is 7. The van der Waals surface area contributed by atoms with Gasteiger partial charge in [0.05, 0.1) is 34.9 Å². The molecule has 1 fully saturated rings. The minimum absolute atomic E-state index is 0.0511. The van der Waals surface area contributed by atoms with Crippen LogP contribution in [0.1, 0.15) is 21.9 Å². The standard InChI is InChI=1S/C22H24Cl2N4O3S/c1-13-7-19(27-31-13)22-26-14(2)20(32-22)9-21(29)25-10-16-12-28(5-6-30-16)11-15-3-4-17(23)18(24)8-15/h3-4,7-8,16H,5-6,9-12H2,1-2H3,(H,25,29)/t16-/m0/s1. The highest BCUT2D eigenvalue weighted by Gasteiger charge is 2.22. The summed E-state index contributed by atoms with van der Waals surface area (Å²) in [6.45, 7) is 7.14. The molecule has 1 N–H and O–H groups in total. The summed E-state index contributed by atoms with van der Waals surface area (Å²) in [6.07, 6.45) is 0.215. The molecule has 0 spiro atoms. The van der Waals surface area contributed by atoms with E-state index in [1.807, 2.05) is 38.1 Å². The summed E-state index contributed by atoms with van der Waals surface area (Å²) in [5.74, 6) is 0.678. The van der Waals surface area contributed by atoms with Crippen LogP contribution in [-0.2, 0) is 22.5 Å². The molecule has 0 bridgehead atoms. The summed E-state index contributed by atoms with van der Waals surface area (Å²) in [6, 6.07) is 7.52. The van der Waals surface area contributed by atoms with Crippen molar-refractivity contribution in [3.63, 3.8) is 0 Å². The molecule has 1 aromatic carbocycles. The van der Waals surface area contributed by atoms with Crippen LogP contribution >= 0.6 is 34.5 Å². The normalized spacial score (nSPS) is 16.9. The number of carbonyl (C=O) groups is 1. The molecule has 1 amide bonds. The Kier molecular flexibility index (Phi) is 7.48. The summed E-state index contributed by atoms with van der Waals surface area (Å²) in [7, 11) is 0. The van der Waals surface area contributed by atoms with Crippen LogP contribution in [0, 0.1) is 13.8 Å². The van der Waals surface area contributed by atoms with Crippen molar-refractivity contribution in [2.45, 2.75) is 32.9 Å². The average Bonchev–Trinajstić information content (AvgIpc) is 3.35. The van der Waals surface area contributed by atoms with E-state index in [2.05, 4.69) is 20.4 Å². The average molecular weight is 495 g/mol. The summed E-state index contributed by atoms with van der Waals surface area (Å²) in [5.41, 5.74) is 2.63. The van der Waals surface area contributed by atoms with Crippen molar-refractivity contribution < 1.29 is 14.1 Å². The first-order chi connectivity index (χ1) is 15.4. The van der Waals surface area contributed by atoms with E-state index in [1.165, 1.54) is 11.3 Å². The molecule has 4 rings (SSSR count). The Morgan fingerprint density at radius 1 is 1.28 bits per heavy atom. The molecule has 0 radical (unpaired) electrons. The number of aromatic nitrogens is 2. The van der Waals surface area contributed by atoms with Gasteiger partial charge in [-0.2, -0.15) is 0 Å². The van der Waals surface area contributed by atoms with E-state index >= 15 is 0 Å². The minimum Gasteiger partial charge on any atom is -0.374 e.